The summed E-state index contributed by atoms with van der Waals surface area (Å²) in [5, 5.41) is 3.26. The second-order valence-corrected chi connectivity index (χ2v) is 7.11. The number of nitrogens with one attached hydrogen (secondary N) is 1. The number of halogens is 1. The average Bonchev–Trinajstić information content (AvgIpc) is 3.05. The van der Waals surface area contributed by atoms with Crippen molar-refractivity contribution in [2.24, 2.45) is 5.92 Å². The lowest BCUT2D eigenvalue weighted by Crippen LogP contribution is -2.33. The van der Waals surface area contributed by atoms with Crippen molar-refractivity contribution in [3.8, 4) is 0 Å². The molecule has 2 amide bonds. The summed E-state index contributed by atoms with van der Waals surface area (Å²) in [4.78, 5) is 38.5. The Morgan fingerprint density at radius 1 is 1.18 bits per heavy atom. The third kappa shape index (κ3) is 4.89. The van der Waals surface area contributed by atoms with E-state index in [1.807, 2.05) is 24.3 Å². The third-order valence-electron chi connectivity index (χ3n) is 4.57. The Morgan fingerprint density at radius 3 is 2.57 bits per heavy atom. The number of ether oxygens (including phenoxy) is 1. The van der Waals surface area contributed by atoms with Crippen LogP contribution in [0.15, 0.2) is 54.6 Å². The maximum atomic E-state index is 12.4. The quantitative estimate of drug-likeness (QED) is 0.755. The number of esters is 1. The van der Waals surface area contributed by atoms with E-state index in [-0.39, 0.29) is 18.9 Å². The van der Waals surface area contributed by atoms with Crippen LogP contribution in [0.3, 0.4) is 0 Å². The monoisotopic (exact) mass is 400 g/mol. The lowest BCUT2D eigenvalue weighted by molar-refractivity contribution is -0.157. The number of hydrogen-bond acceptors (Lipinski definition) is 4. The van der Waals surface area contributed by atoms with Crippen LogP contribution >= 0.6 is 11.6 Å². The van der Waals surface area contributed by atoms with Gasteiger partial charge in [-0.25, -0.2) is 0 Å². The molecular weight excluding hydrogens is 380 g/mol. The first-order valence-corrected chi connectivity index (χ1v) is 9.39. The Hall–Kier alpha value is -2.86. The van der Waals surface area contributed by atoms with Crippen LogP contribution in [0.1, 0.15) is 18.9 Å². The maximum Gasteiger partial charge on any atom is 0.312 e. The number of hydrogen-bond donors (Lipinski definition) is 1. The van der Waals surface area contributed by atoms with Gasteiger partial charge in [0.1, 0.15) is 0 Å². The number of likely N-dealkylation sites (tertiary alicyclic amines) is 1. The van der Waals surface area contributed by atoms with Crippen molar-refractivity contribution in [2.75, 3.05) is 11.9 Å². The van der Waals surface area contributed by atoms with E-state index in [0.717, 1.165) is 5.56 Å². The van der Waals surface area contributed by atoms with E-state index in [2.05, 4.69) is 5.32 Å². The van der Waals surface area contributed by atoms with E-state index in [1.54, 1.807) is 35.2 Å². The molecule has 0 bridgehead atoms. The molecule has 1 saturated heterocycles. The molecule has 1 aliphatic rings. The summed E-state index contributed by atoms with van der Waals surface area (Å²) in [6.07, 6.45) is -0.892. The first-order chi connectivity index (χ1) is 13.4. The summed E-state index contributed by atoms with van der Waals surface area (Å²) in [6, 6.07) is 16.2. The summed E-state index contributed by atoms with van der Waals surface area (Å²) >= 11 is 6.15. The first-order valence-electron chi connectivity index (χ1n) is 9.01. The molecule has 1 aliphatic heterocycles. The van der Waals surface area contributed by atoms with Gasteiger partial charge in [-0.05, 0) is 30.7 Å². The average molecular weight is 401 g/mol. The summed E-state index contributed by atoms with van der Waals surface area (Å²) in [6.45, 7) is 2.09. The van der Waals surface area contributed by atoms with E-state index in [9.17, 15) is 14.4 Å². The van der Waals surface area contributed by atoms with Gasteiger partial charge in [0.2, 0.25) is 5.91 Å². The van der Waals surface area contributed by atoms with Crippen molar-refractivity contribution in [3.63, 3.8) is 0 Å². The van der Waals surface area contributed by atoms with E-state index < -0.39 is 23.9 Å². The third-order valence-corrected chi connectivity index (χ3v) is 4.94. The fraction of sp³-hybridized carbons (Fsp3) is 0.286. The van der Waals surface area contributed by atoms with Crippen molar-refractivity contribution < 1.29 is 19.1 Å². The SMILES string of the molecule is C[C@@H](OC(=O)[C@H]1CC(=O)N(Cc2ccccc2Cl)C1)C(=O)Nc1ccccc1. The lowest BCUT2D eigenvalue weighted by atomic mass is 10.1. The largest absolute Gasteiger partial charge is 0.452 e. The van der Waals surface area contributed by atoms with Gasteiger partial charge in [-0.3, -0.25) is 14.4 Å². The van der Waals surface area contributed by atoms with Crippen LogP contribution in [0.4, 0.5) is 5.69 Å². The van der Waals surface area contributed by atoms with Crippen molar-refractivity contribution in [3.05, 3.63) is 65.2 Å². The van der Waals surface area contributed by atoms with Crippen LogP contribution in [0.25, 0.3) is 0 Å². The van der Waals surface area contributed by atoms with Gasteiger partial charge >= 0.3 is 5.97 Å². The van der Waals surface area contributed by atoms with E-state index in [0.29, 0.717) is 17.3 Å². The van der Waals surface area contributed by atoms with Crippen LogP contribution in [0.5, 0.6) is 0 Å². The fourth-order valence-corrected chi connectivity index (χ4v) is 3.20. The zero-order valence-corrected chi connectivity index (χ0v) is 16.2. The number of nitrogens with zero attached hydrogens (tertiary/aromatic N) is 1. The molecule has 3 rings (SSSR count). The van der Waals surface area contributed by atoms with Crippen LogP contribution in [0, 0.1) is 5.92 Å². The van der Waals surface area contributed by atoms with Gasteiger partial charge in [-0.15, -0.1) is 0 Å². The molecule has 0 radical (unpaired) electrons. The Kier molecular flexibility index (Phi) is 6.31. The van der Waals surface area contributed by atoms with Gasteiger partial charge in [0.05, 0.1) is 5.92 Å². The van der Waals surface area contributed by atoms with E-state index in [1.165, 1.54) is 6.92 Å². The fourth-order valence-electron chi connectivity index (χ4n) is 3.00. The number of para-hydroxylation sites is 1. The smallest absolute Gasteiger partial charge is 0.312 e. The second kappa shape index (κ2) is 8.89. The Balaban J connectivity index is 1.54. The van der Waals surface area contributed by atoms with Gasteiger partial charge in [0, 0.05) is 30.2 Å². The highest BCUT2D eigenvalue weighted by atomic mass is 35.5. The Bertz CT molecular complexity index is 872. The van der Waals surface area contributed by atoms with Gasteiger partial charge in [-0.1, -0.05) is 48.0 Å². The predicted octanol–water partition coefficient (Wildman–Crippen LogP) is 3.26. The number of rotatable bonds is 6. The first kappa shape index (κ1) is 19.9. The molecule has 0 aliphatic carbocycles. The number of anilines is 1. The zero-order valence-electron chi connectivity index (χ0n) is 15.4. The summed E-state index contributed by atoms with van der Waals surface area (Å²) in [7, 11) is 0. The molecule has 2 aromatic carbocycles. The summed E-state index contributed by atoms with van der Waals surface area (Å²) < 4.78 is 5.28. The molecule has 6 nitrogen and oxygen atoms in total. The molecule has 0 aromatic heterocycles. The van der Waals surface area contributed by atoms with Crippen molar-refractivity contribution in [1.82, 2.24) is 4.90 Å². The van der Waals surface area contributed by atoms with Crippen LogP contribution in [0.2, 0.25) is 5.02 Å². The van der Waals surface area contributed by atoms with Gasteiger partial charge in [0.15, 0.2) is 6.10 Å². The normalized spacial score (nSPS) is 17.3. The molecule has 2 atom stereocenters. The number of carbonyl (C=O) groups is 3. The molecule has 28 heavy (non-hydrogen) atoms. The van der Waals surface area contributed by atoms with E-state index in [4.69, 9.17) is 16.3 Å². The molecule has 2 aromatic rings. The Morgan fingerprint density at radius 2 is 1.86 bits per heavy atom. The molecule has 0 unspecified atom stereocenters. The number of amides is 2. The highest BCUT2D eigenvalue weighted by molar-refractivity contribution is 6.31. The Labute approximate surface area is 168 Å². The van der Waals surface area contributed by atoms with Crippen molar-refractivity contribution in [1.29, 1.82) is 0 Å². The number of benzene rings is 2. The van der Waals surface area contributed by atoms with Crippen LogP contribution in [-0.2, 0) is 25.7 Å². The predicted molar refractivity (Wildman–Crippen MR) is 106 cm³/mol. The van der Waals surface area contributed by atoms with Crippen LogP contribution < -0.4 is 5.32 Å². The molecular formula is C21H21ClN2O4. The molecule has 1 heterocycles. The van der Waals surface area contributed by atoms with E-state index >= 15 is 0 Å². The standard InChI is InChI=1S/C21H21ClN2O4/c1-14(20(26)23-17-8-3-2-4-9-17)28-21(27)16-11-19(25)24(13-16)12-15-7-5-6-10-18(15)22/h2-10,14,16H,11-13H2,1H3,(H,23,26)/t14-,16+/m1/s1. The van der Waals surface area contributed by atoms with Gasteiger partial charge < -0.3 is 15.0 Å². The summed E-state index contributed by atoms with van der Waals surface area (Å²) in [5.41, 5.74) is 1.44. The molecule has 7 heteroatoms. The highest BCUT2D eigenvalue weighted by Crippen LogP contribution is 2.24. The lowest BCUT2D eigenvalue weighted by Gasteiger charge is -2.18. The molecule has 1 N–H and O–H groups in total. The summed E-state index contributed by atoms with van der Waals surface area (Å²) in [5.74, 6) is -1.70. The van der Waals surface area contributed by atoms with Crippen molar-refractivity contribution in [2.45, 2.75) is 26.0 Å². The molecule has 1 fully saturated rings. The highest BCUT2D eigenvalue weighted by Gasteiger charge is 2.36. The minimum Gasteiger partial charge on any atom is -0.452 e. The molecule has 0 spiro atoms. The van der Waals surface area contributed by atoms with Gasteiger partial charge in [0.25, 0.3) is 5.91 Å². The van der Waals surface area contributed by atoms with Crippen LogP contribution in [-0.4, -0.2) is 35.3 Å². The minimum absolute atomic E-state index is 0.0658. The minimum atomic E-state index is -0.958. The van der Waals surface area contributed by atoms with Gasteiger partial charge in [-0.2, -0.15) is 0 Å². The second-order valence-electron chi connectivity index (χ2n) is 6.70. The molecule has 0 saturated carbocycles. The van der Waals surface area contributed by atoms with Crippen molar-refractivity contribution >= 4 is 35.1 Å². The molecule has 146 valence electrons. The zero-order chi connectivity index (χ0) is 20.1. The topological polar surface area (TPSA) is 75.7 Å². The maximum absolute atomic E-state index is 12.4. The number of carbonyl (C=O) groups excluding carboxylic acids is 3.